The number of aromatic nitrogens is 4. The highest BCUT2D eigenvalue weighted by Gasteiger charge is 2.27. The first-order chi connectivity index (χ1) is 15.7. The van der Waals surface area contributed by atoms with Gasteiger partial charge >= 0.3 is 0 Å². The van der Waals surface area contributed by atoms with Gasteiger partial charge in [-0.15, -0.1) is 0 Å². The number of amides is 1. The number of hydrogen-bond donors (Lipinski definition) is 1. The van der Waals surface area contributed by atoms with Crippen LogP contribution in [0.3, 0.4) is 0 Å². The van der Waals surface area contributed by atoms with Crippen LogP contribution >= 0.6 is 0 Å². The summed E-state index contributed by atoms with van der Waals surface area (Å²) >= 11 is 0. The van der Waals surface area contributed by atoms with E-state index in [2.05, 4.69) is 25.3 Å². The molecule has 1 amide bonds. The summed E-state index contributed by atoms with van der Waals surface area (Å²) in [6.45, 7) is 2.78. The van der Waals surface area contributed by atoms with Crippen LogP contribution in [0.4, 0.5) is 17.2 Å². The molecule has 2 aliphatic rings. The summed E-state index contributed by atoms with van der Waals surface area (Å²) in [5.74, 6) is 1.65. The van der Waals surface area contributed by atoms with Gasteiger partial charge in [-0.1, -0.05) is 0 Å². The van der Waals surface area contributed by atoms with E-state index in [-0.39, 0.29) is 12.0 Å². The number of rotatable bonds is 3. The molecule has 6 rings (SSSR count). The molecule has 8 nitrogen and oxygen atoms in total. The van der Waals surface area contributed by atoms with Gasteiger partial charge in [-0.3, -0.25) is 9.78 Å². The minimum atomic E-state index is -0.147. The van der Waals surface area contributed by atoms with E-state index >= 15 is 0 Å². The number of carbonyl (C=O) groups excluding carboxylic acids is 1. The molecule has 0 aliphatic carbocycles. The van der Waals surface area contributed by atoms with E-state index in [1.165, 1.54) is 0 Å². The summed E-state index contributed by atoms with van der Waals surface area (Å²) in [6, 6.07) is 9.86. The van der Waals surface area contributed by atoms with E-state index in [4.69, 9.17) is 4.74 Å². The Balaban J connectivity index is 1.32. The molecular formula is C24H20N6O2. The Morgan fingerprint density at radius 3 is 2.81 bits per heavy atom. The van der Waals surface area contributed by atoms with Crippen molar-refractivity contribution in [1.29, 1.82) is 0 Å². The van der Waals surface area contributed by atoms with Gasteiger partial charge < -0.3 is 15.0 Å². The Kier molecular flexibility index (Phi) is 4.24. The van der Waals surface area contributed by atoms with Gasteiger partial charge in [0, 0.05) is 60.0 Å². The normalized spacial score (nSPS) is 17.1. The molecule has 1 saturated heterocycles. The van der Waals surface area contributed by atoms with Crippen LogP contribution in [0.15, 0.2) is 55.1 Å². The van der Waals surface area contributed by atoms with Crippen molar-refractivity contribution in [2.75, 3.05) is 16.8 Å². The van der Waals surface area contributed by atoms with Gasteiger partial charge in [0.25, 0.3) is 0 Å². The predicted molar refractivity (Wildman–Crippen MR) is 121 cm³/mol. The van der Waals surface area contributed by atoms with E-state index in [1.54, 1.807) is 18.6 Å². The van der Waals surface area contributed by atoms with E-state index in [0.29, 0.717) is 23.4 Å². The second-order valence-electron chi connectivity index (χ2n) is 7.99. The van der Waals surface area contributed by atoms with Gasteiger partial charge in [0.1, 0.15) is 23.2 Å². The fourth-order valence-corrected chi connectivity index (χ4v) is 4.35. The molecule has 2 aliphatic heterocycles. The molecule has 8 heteroatoms. The molecule has 1 unspecified atom stereocenters. The molecule has 158 valence electrons. The molecule has 32 heavy (non-hydrogen) atoms. The van der Waals surface area contributed by atoms with Crippen molar-refractivity contribution in [3.63, 3.8) is 0 Å². The monoisotopic (exact) mass is 424 g/mol. The highest BCUT2D eigenvalue weighted by Crippen LogP contribution is 2.44. The molecule has 1 fully saturated rings. The van der Waals surface area contributed by atoms with Crippen LogP contribution in [0.5, 0.6) is 5.75 Å². The zero-order valence-electron chi connectivity index (χ0n) is 17.4. The van der Waals surface area contributed by atoms with Crippen LogP contribution in [-0.4, -0.2) is 32.4 Å². The van der Waals surface area contributed by atoms with Gasteiger partial charge in [0.2, 0.25) is 5.91 Å². The van der Waals surface area contributed by atoms with Crippen LogP contribution in [0.1, 0.15) is 31.4 Å². The average Bonchev–Trinajstić information content (AvgIpc) is 3.25. The molecule has 3 aromatic heterocycles. The lowest BCUT2D eigenvalue weighted by Gasteiger charge is -2.28. The minimum Gasteiger partial charge on any atom is -0.485 e. The van der Waals surface area contributed by atoms with Crippen LogP contribution < -0.4 is 15.0 Å². The number of fused-ring (bicyclic) bond motifs is 4. The van der Waals surface area contributed by atoms with Gasteiger partial charge in [-0.05, 0) is 37.6 Å². The molecule has 0 spiro atoms. The summed E-state index contributed by atoms with van der Waals surface area (Å²) < 4.78 is 6.23. The number of pyridine rings is 2. The molecule has 0 bridgehead atoms. The molecule has 0 radical (unpaired) electrons. The first kappa shape index (κ1) is 18.7. The Morgan fingerprint density at radius 2 is 1.94 bits per heavy atom. The molecule has 1 atom stereocenters. The average molecular weight is 424 g/mol. The van der Waals surface area contributed by atoms with E-state index < -0.39 is 0 Å². The first-order valence-corrected chi connectivity index (χ1v) is 10.6. The molecule has 0 saturated carbocycles. The van der Waals surface area contributed by atoms with Crippen molar-refractivity contribution >= 4 is 34.3 Å². The molecule has 1 aromatic carbocycles. The van der Waals surface area contributed by atoms with Gasteiger partial charge in [-0.25, -0.2) is 15.0 Å². The lowest BCUT2D eigenvalue weighted by atomic mass is 9.94. The van der Waals surface area contributed by atoms with Crippen LogP contribution in [0.2, 0.25) is 0 Å². The summed E-state index contributed by atoms with van der Waals surface area (Å²) in [6.07, 6.45) is 8.21. The smallest absolute Gasteiger partial charge is 0.227 e. The van der Waals surface area contributed by atoms with Crippen molar-refractivity contribution in [1.82, 2.24) is 19.9 Å². The number of ether oxygens (including phenoxy) is 1. The predicted octanol–water partition coefficient (Wildman–Crippen LogP) is 4.41. The van der Waals surface area contributed by atoms with Crippen molar-refractivity contribution < 1.29 is 9.53 Å². The number of hydrogen-bond acceptors (Lipinski definition) is 7. The van der Waals surface area contributed by atoms with E-state index in [0.717, 1.165) is 46.8 Å². The summed E-state index contributed by atoms with van der Waals surface area (Å²) in [4.78, 5) is 31.4. The van der Waals surface area contributed by atoms with Gasteiger partial charge in [0.15, 0.2) is 5.65 Å². The van der Waals surface area contributed by atoms with Crippen LogP contribution in [-0.2, 0) is 4.79 Å². The third-order valence-electron chi connectivity index (χ3n) is 5.91. The van der Waals surface area contributed by atoms with E-state index in [1.807, 2.05) is 48.4 Å². The second-order valence-corrected chi connectivity index (χ2v) is 7.99. The third kappa shape index (κ3) is 3.11. The maximum Gasteiger partial charge on any atom is 0.227 e. The molecule has 1 N–H and O–H groups in total. The lowest BCUT2D eigenvalue weighted by Crippen LogP contribution is -2.24. The molecular weight excluding hydrogens is 404 g/mol. The zero-order chi connectivity index (χ0) is 21.7. The third-order valence-corrected chi connectivity index (χ3v) is 5.91. The molecule has 5 heterocycles. The summed E-state index contributed by atoms with van der Waals surface area (Å²) in [5, 5.41) is 3.30. The maximum atomic E-state index is 12.1. The Hall–Kier alpha value is -4.07. The SMILES string of the molecule is CC1Oc2cc(N3CCCC3=O)ccc2-c2cnc(Nc3cnc4nccnc4c3)cc21. The Bertz CT molecular complexity index is 1370. The van der Waals surface area contributed by atoms with Crippen LogP contribution in [0.25, 0.3) is 22.3 Å². The fourth-order valence-electron chi connectivity index (χ4n) is 4.35. The van der Waals surface area contributed by atoms with Gasteiger partial charge in [-0.2, -0.15) is 0 Å². The quantitative estimate of drug-likeness (QED) is 0.521. The van der Waals surface area contributed by atoms with Crippen molar-refractivity contribution in [2.45, 2.75) is 25.9 Å². The lowest BCUT2D eigenvalue weighted by molar-refractivity contribution is -0.117. The van der Waals surface area contributed by atoms with E-state index in [9.17, 15) is 4.79 Å². The topological polar surface area (TPSA) is 93.1 Å². The fraction of sp³-hybridized carbons (Fsp3) is 0.208. The first-order valence-electron chi connectivity index (χ1n) is 10.6. The molecule has 4 aromatic rings. The number of nitrogens with zero attached hydrogens (tertiary/aromatic N) is 5. The van der Waals surface area contributed by atoms with Gasteiger partial charge in [0.05, 0.1) is 11.9 Å². The minimum absolute atomic E-state index is 0.147. The highest BCUT2D eigenvalue weighted by molar-refractivity contribution is 5.96. The van der Waals surface area contributed by atoms with Crippen molar-refractivity contribution in [3.8, 4) is 16.9 Å². The van der Waals surface area contributed by atoms with Crippen LogP contribution in [0, 0.1) is 0 Å². The highest BCUT2D eigenvalue weighted by atomic mass is 16.5. The maximum absolute atomic E-state index is 12.1. The van der Waals surface area contributed by atoms with Crippen molar-refractivity contribution in [2.24, 2.45) is 0 Å². The number of benzene rings is 1. The Labute approximate surface area is 184 Å². The largest absolute Gasteiger partial charge is 0.485 e. The number of nitrogens with one attached hydrogen (secondary N) is 1. The zero-order valence-corrected chi connectivity index (χ0v) is 17.4. The number of carbonyl (C=O) groups is 1. The summed E-state index contributed by atoms with van der Waals surface area (Å²) in [5.41, 5.74) is 6.06. The number of anilines is 3. The second kappa shape index (κ2) is 7.26. The standard InChI is InChI=1S/C24H20N6O2/c1-14-18-11-22(29-15-9-20-24(28-12-15)26-7-6-25-20)27-13-19(18)17-5-4-16(10-21(17)32-14)30-8-2-3-23(30)31/h4-7,9-14H,2-3,8H2,1H3,(H,27,29). The van der Waals surface area contributed by atoms with Crippen molar-refractivity contribution in [3.05, 3.63) is 60.7 Å². The summed E-state index contributed by atoms with van der Waals surface area (Å²) in [7, 11) is 0. The Morgan fingerprint density at radius 1 is 1.03 bits per heavy atom.